The van der Waals surface area contributed by atoms with Gasteiger partial charge in [0.05, 0.1) is 0 Å². The van der Waals surface area contributed by atoms with Gasteiger partial charge in [0.2, 0.25) is 0 Å². The van der Waals surface area contributed by atoms with Crippen molar-refractivity contribution in [1.29, 1.82) is 0 Å². The molecule has 2 aliphatic heterocycles. The van der Waals surface area contributed by atoms with Gasteiger partial charge in [-0.05, 0) is 112 Å². The molecule has 0 amide bonds. The predicted octanol–water partition coefficient (Wildman–Crippen LogP) is 6.91. The highest BCUT2D eigenvalue weighted by molar-refractivity contribution is 5.01. The molecule has 6 unspecified atom stereocenters. The molecular weight excluding hydrogens is 390 g/mol. The highest BCUT2D eigenvalue weighted by atomic mass is 15.3. The van der Waals surface area contributed by atoms with Crippen LogP contribution in [-0.4, -0.2) is 70.6 Å². The van der Waals surface area contributed by atoms with E-state index in [4.69, 9.17) is 0 Å². The van der Waals surface area contributed by atoms with E-state index in [1.165, 1.54) is 45.1 Å². The molecule has 0 aromatic heterocycles. The van der Waals surface area contributed by atoms with Crippen LogP contribution in [-0.2, 0) is 0 Å². The first-order chi connectivity index (χ1) is 14.5. The summed E-state index contributed by atoms with van der Waals surface area (Å²) in [5.41, 5.74) is 0.894. The van der Waals surface area contributed by atoms with Crippen LogP contribution in [0.5, 0.6) is 0 Å². The van der Waals surface area contributed by atoms with Gasteiger partial charge in [-0.1, -0.05) is 34.1 Å². The zero-order valence-electron chi connectivity index (χ0n) is 24.3. The van der Waals surface area contributed by atoms with Crippen molar-refractivity contribution >= 4 is 0 Å². The van der Waals surface area contributed by atoms with Crippen molar-refractivity contribution in [3.05, 3.63) is 0 Å². The molecule has 0 N–H and O–H groups in total. The molecule has 0 aromatic rings. The van der Waals surface area contributed by atoms with Crippen LogP contribution >= 0.6 is 0 Å². The Morgan fingerprint density at radius 2 is 1.41 bits per heavy atom. The van der Waals surface area contributed by atoms with Gasteiger partial charge < -0.3 is 4.90 Å². The Bertz CT molecular complexity index is 582. The number of hydrogen-bond donors (Lipinski definition) is 0. The summed E-state index contributed by atoms with van der Waals surface area (Å²) in [4.78, 5) is 8.27. The topological polar surface area (TPSA) is 9.72 Å². The number of hydrogen-bond acceptors (Lipinski definition) is 3. The van der Waals surface area contributed by atoms with E-state index in [1.807, 2.05) is 0 Å². The maximum atomic E-state index is 2.91. The van der Waals surface area contributed by atoms with Gasteiger partial charge in [-0.3, -0.25) is 9.80 Å². The van der Waals surface area contributed by atoms with Crippen LogP contribution in [0, 0.1) is 17.3 Å². The van der Waals surface area contributed by atoms with Gasteiger partial charge in [0.1, 0.15) is 0 Å². The molecule has 0 aliphatic carbocycles. The molecule has 32 heavy (non-hydrogen) atoms. The van der Waals surface area contributed by atoms with E-state index < -0.39 is 0 Å². The Balaban J connectivity index is 2.37. The summed E-state index contributed by atoms with van der Waals surface area (Å²) in [7, 11) is 4.58. The predicted molar refractivity (Wildman–Crippen MR) is 142 cm³/mol. The van der Waals surface area contributed by atoms with Crippen LogP contribution in [0.4, 0.5) is 0 Å². The molecular formula is C29H59N3. The third kappa shape index (κ3) is 6.51. The van der Waals surface area contributed by atoms with E-state index in [0.29, 0.717) is 29.6 Å². The Labute approximate surface area is 202 Å². The molecule has 0 bridgehead atoms. The van der Waals surface area contributed by atoms with E-state index in [2.05, 4.69) is 105 Å². The molecule has 0 aromatic carbocycles. The highest BCUT2D eigenvalue weighted by Crippen LogP contribution is 2.46. The van der Waals surface area contributed by atoms with Crippen molar-refractivity contribution in [1.82, 2.24) is 14.7 Å². The highest BCUT2D eigenvalue weighted by Gasteiger charge is 2.46. The Morgan fingerprint density at radius 1 is 0.812 bits per heavy atom. The lowest BCUT2D eigenvalue weighted by Gasteiger charge is -2.57. The van der Waals surface area contributed by atoms with Crippen molar-refractivity contribution in [2.24, 2.45) is 17.3 Å². The smallest absolute Gasteiger partial charge is 0.0142 e. The zero-order chi connectivity index (χ0) is 24.6. The molecule has 3 heteroatoms. The average molecular weight is 450 g/mol. The van der Waals surface area contributed by atoms with Gasteiger partial charge in [-0.25, -0.2) is 0 Å². The van der Waals surface area contributed by atoms with Crippen LogP contribution in [0.2, 0.25) is 0 Å². The zero-order valence-corrected chi connectivity index (χ0v) is 24.3. The summed E-state index contributed by atoms with van der Waals surface area (Å²) in [6, 6.07) is 2.68. The number of nitrogens with zero attached hydrogens (tertiary/aromatic N) is 3. The molecule has 190 valence electrons. The normalized spacial score (nSPS) is 34.3. The van der Waals surface area contributed by atoms with Gasteiger partial charge in [0.25, 0.3) is 0 Å². The Morgan fingerprint density at radius 3 is 1.88 bits per heavy atom. The first kappa shape index (κ1) is 28.1. The lowest BCUT2D eigenvalue weighted by molar-refractivity contribution is -0.0706. The number of piperidine rings is 2. The lowest BCUT2D eigenvalue weighted by Crippen LogP contribution is -2.63. The van der Waals surface area contributed by atoms with E-state index in [9.17, 15) is 0 Å². The minimum atomic E-state index is 0.222. The van der Waals surface area contributed by atoms with E-state index in [0.717, 1.165) is 11.8 Å². The summed E-state index contributed by atoms with van der Waals surface area (Å²) in [5.74, 6) is 1.55. The van der Waals surface area contributed by atoms with E-state index in [-0.39, 0.29) is 11.1 Å². The van der Waals surface area contributed by atoms with Crippen molar-refractivity contribution in [3.63, 3.8) is 0 Å². The molecule has 2 saturated heterocycles. The minimum absolute atomic E-state index is 0.222. The van der Waals surface area contributed by atoms with Gasteiger partial charge in [0.15, 0.2) is 0 Å². The molecule has 2 heterocycles. The SMILES string of the molecule is CCCC(C)(C)C1CC(C)N(C(C)(C)C)C(CC2CC(N(C)C)C(C)CN2C(C)(C)C)C1. The summed E-state index contributed by atoms with van der Waals surface area (Å²) < 4.78 is 0. The van der Waals surface area contributed by atoms with Crippen LogP contribution < -0.4 is 0 Å². The second-order valence-electron chi connectivity index (χ2n) is 14.4. The fourth-order valence-corrected chi connectivity index (χ4v) is 7.63. The third-order valence-electron chi connectivity index (χ3n) is 8.99. The average Bonchev–Trinajstić information content (AvgIpc) is 2.60. The van der Waals surface area contributed by atoms with Gasteiger partial charge in [-0.2, -0.15) is 0 Å². The second-order valence-corrected chi connectivity index (χ2v) is 14.4. The molecule has 2 rings (SSSR count). The maximum Gasteiger partial charge on any atom is 0.0142 e. The molecule has 2 aliphatic rings. The standard InChI is InChI=1S/C29H59N3/c1-14-15-29(10,11)23-16-22(3)32(28(7,8)9)25(17-23)18-24-19-26(30(12)13)21(2)20-31(24)27(4,5)6/h21-26H,14-20H2,1-13H3. The Hall–Kier alpha value is -0.120. The second kappa shape index (κ2) is 10.2. The van der Waals surface area contributed by atoms with Crippen LogP contribution in [0.15, 0.2) is 0 Å². The largest absolute Gasteiger partial charge is 0.306 e. The van der Waals surface area contributed by atoms with Crippen molar-refractivity contribution in [3.8, 4) is 0 Å². The van der Waals surface area contributed by atoms with Crippen LogP contribution in [0.3, 0.4) is 0 Å². The molecule has 0 spiro atoms. The van der Waals surface area contributed by atoms with Gasteiger partial charge >= 0.3 is 0 Å². The summed E-state index contributed by atoms with van der Waals surface area (Å²) >= 11 is 0. The molecule has 0 radical (unpaired) electrons. The molecule has 3 nitrogen and oxygen atoms in total. The van der Waals surface area contributed by atoms with Crippen molar-refractivity contribution < 1.29 is 0 Å². The monoisotopic (exact) mass is 449 g/mol. The van der Waals surface area contributed by atoms with E-state index >= 15 is 0 Å². The summed E-state index contributed by atoms with van der Waals surface area (Å²) in [6.07, 6.45) is 7.99. The fourth-order valence-electron chi connectivity index (χ4n) is 7.63. The third-order valence-corrected chi connectivity index (χ3v) is 8.99. The molecule has 6 atom stereocenters. The number of likely N-dealkylation sites (tertiary alicyclic amines) is 2. The van der Waals surface area contributed by atoms with E-state index in [1.54, 1.807) is 0 Å². The van der Waals surface area contributed by atoms with Crippen LogP contribution in [0.1, 0.15) is 115 Å². The summed E-state index contributed by atoms with van der Waals surface area (Å²) in [5, 5.41) is 0. The van der Waals surface area contributed by atoms with Crippen LogP contribution in [0.25, 0.3) is 0 Å². The Kier molecular flexibility index (Phi) is 9.00. The first-order valence-electron chi connectivity index (χ1n) is 13.7. The van der Waals surface area contributed by atoms with Gasteiger partial charge in [0, 0.05) is 41.8 Å². The quantitative estimate of drug-likeness (QED) is 0.436. The lowest BCUT2D eigenvalue weighted by atomic mass is 9.66. The first-order valence-corrected chi connectivity index (χ1v) is 13.7. The van der Waals surface area contributed by atoms with Gasteiger partial charge in [-0.15, -0.1) is 0 Å². The number of rotatable bonds is 6. The molecule has 0 saturated carbocycles. The van der Waals surface area contributed by atoms with Crippen molar-refractivity contribution in [2.75, 3.05) is 20.6 Å². The summed E-state index contributed by atoms with van der Waals surface area (Å²) in [6.45, 7) is 28.3. The molecule has 2 fully saturated rings. The van der Waals surface area contributed by atoms with Crippen molar-refractivity contribution in [2.45, 2.75) is 150 Å². The minimum Gasteiger partial charge on any atom is -0.306 e. The maximum absolute atomic E-state index is 2.91. The fraction of sp³-hybridized carbons (Fsp3) is 1.00.